The van der Waals surface area contributed by atoms with E-state index < -0.39 is 0 Å². The first-order chi connectivity index (χ1) is 7.74. The quantitative estimate of drug-likeness (QED) is 0.614. The van der Waals surface area contributed by atoms with Crippen LogP contribution in [-0.4, -0.2) is 34.4 Å². The van der Waals surface area contributed by atoms with Gasteiger partial charge in [-0.25, -0.2) is 4.79 Å². The maximum absolute atomic E-state index is 11.9. The van der Waals surface area contributed by atoms with E-state index in [-0.39, 0.29) is 11.9 Å². The highest BCUT2D eigenvalue weighted by Gasteiger charge is 2.32. The number of carbonyl (C=O) groups is 2. The van der Waals surface area contributed by atoms with E-state index >= 15 is 0 Å². The summed E-state index contributed by atoms with van der Waals surface area (Å²) >= 11 is 1.97. The topological polar surface area (TPSA) is 40.6 Å². The number of benzene rings is 1. The lowest BCUT2D eigenvalue weighted by Crippen LogP contribution is -2.36. The third-order valence-corrected chi connectivity index (χ3v) is 3.14. The predicted octanol–water partition coefficient (Wildman–Crippen LogP) is 1.89. The molecule has 4 nitrogen and oxygen atoms in total. The maximum atomic E-state index is 11.9. The molecule has 16 heavy (non-hydrogen) atoms. The molecule has 0 unspecified atom stereocenters. The van der Waals surface area contributed by atoms with Gasteiger partial charge in [-0.2, -0.15) is 0 Å². The van der Waals surface area contributed by atoms with Gasteiger partial charge in [0.1, 0.15) is 0 Å². The molecule has 0 radical (unpaired) electrons. The third kappa shape index (κ3) is 2.04. The van der Waals surface area contributed by atoms with E-state index in [9.17, 15) is 9.59 Å². The molecule has 84 valence electrons. The lowest BCUT2D eigenvalue weighted by Gasteiger charge is -2.16. The average molecular weight is 330 g/mol. The van der Waals surface area contributed by atoms with Gasteiger partial charge < -0.3 is 0 Å². The molecule has 0 N–H and O–H groups in total. The third-order valence-electron chi connectivity index (χ3n) is 2.49. The van der Waals surface area contributed by atoms with E-state index in [1.54, 1.807) is 4.90 Å². The van der Waals surface area contributed by atoms with Gasteiger partial charge in [0, 0.05) is 18.8 Å². The number of anilines is 1. The number of hydrogen-bond donors (Lipinski definition) is 0. The average Bonchev–Trinajstić information content (AvgIpc) is 2.71. The molecule has 0 saturated carbocycles. The summed E-state index contributed by atoms with van der Waals surface area (Å²) < 4.78 is 0.339. The van der Waals surface area contributed by atoms with Gasteiger partial charge in [0.2, 0.25) is 5.91 Å². The van der Waals surface area contributed by atoms with Crippen LogP contribution in [0, 0.1) is 0 Å². The van der Waals surface area contributed by atoms with Crippen LogP contribution in [-0.2, 0) is 4.79 Å². The first kappa shape index (κ1) is 11.4. The lowest BCUT2D eigenvalue weighted by atomic mass is 10.3. The molecule has 1 aliphatic rings. The zero-order valence-corrected chi connectivity index (χ0v) is 10.8. The monoisotopic (exact) mass is 330 g/mol. The van der Waals surface area contributed by atoms with Crippen molar-refractivity contribution in [1.29, 1.82) is 0 Å². The van der Waals surface area contributed by atoms with Gasteiger partial charge in [-0.15, -0.1) is 0 Å². The summed E-state index contributed by atoms with van der Waals surface area (Å²) in [6.45, 7) is 1.06. The van der Waals surface area contributed by atoms with Crippen LogP contribution in [0.15, 0.2) is 30.3 Å². The molecule has 1 heterocycles. The number of alkyl halides is 1. The fourth-order valence-electron chi connectivity index (χ4n) is 1.69. The van der Waals surface area contributed by atoms with Crippen molar-refractivity contribution in [2.45, 2.75) is 0 Å². The Balaban J connectivity index is 2.17. The smallest absolute Gasteiger partial charge is 0.292 e. The number of halogens is 1. The van der Waals surface area contributed by atoms with Crippen molar-refractivity contribution in [1.82, 2.24) is 4.90 Å². The molecule has 0 atom stereocenters. The van der Waals surface area contributed by atoms with Crippen LogP contribution in [0.1, 0.15) is 0 Å². The molecule has 5 heteroatoms. The van der Waals surface area contributed by atoms with Gasteiger partial charge in [0.25, 0.3) is 0 Å². The zero-order chi connectivity index (χ0) is 11.5. The van der Waals surface area contributed by atoms with E-state index in [1.807, 2.05) is 52.9 Å². The van der Waals surface area contributed by atoms with Crippen molar-refractivity contribution in [2.24, 2.45) is 0 Å². The van der Waals surface area contributed by atoms with Crippen molar-refractivity contribution in [3.05, 3.63) is 30.3 Å². The first-order valence-corrected chi connectivity index (χ1v) is 6.49. The highest BCUT2D eigenvalue weighted by molar-refractivity contribution is 14.1. The molecule has 0 aliphatic carbocycles. The number of urea groups is 1. The molecular weight excluding hydrogens is 319 g/mol. The van der Waals surface area contributed by atoms with E-state index in [0.717, 1.165) is 5.69 Å². The van der Waals surface area contributed by atoms with E-state index in [2.05, 4.69) is 0 Å². The van der Waals surface area contributed by atoms with Crippen LogP contribution in [0.5, 0.6) is 0 Å². The van der Waals surface area contributed by atoms with Crippen LogP contribution < -0.4 is 4.90 Å². The normalized spacial score (nSPS) is 15.7. The summed E-state index contributed by atoms with van der Waals surface area (Å²) in [7, 11) is 0. The van der Waals surface area contributed by atoms with Crippen molar-refractivity contribution in [3.63, 3.8) is 0 Å². The minimum absolute atomic E-state index is 0.121. The van der Waals surface area contributed by atoms with Crippen molar-refractivity contribution >= 4 is 40.2 Å². The Morgan fingerprint density at radius 1 is 1.25 bits per heavy atom. The van der Waals surface area contributed by atoms with Crippen molar-refractivity contribution in [3.8, 4) is 0 Å². The number of imide groups is 1. The second-order valence-electron chi connectivity index (χ2n) is 3.45. The summed E-state index contributed by atoms with van der Waals surface area (Å²) in [6, 6.07) is 9.19. The number of carbonyl (C=O) groups excluding carboxylic acids is 2. The van der Waals surface area contributed by atoms with Gasteiger partial charge in [0.05, 0.1) is 4.43 Å². The Morgan fingerprint density at radius 2 is 1.94 bits per heavy atom. The molecule has 1 saturated heterocycles. The standard InChI is InChI=1S/C11H11IN2O2/c12-8-10(15)14-7-6-13(11(14)16)9-4-2-1-3-5-9/h1-5H,6-8H2. The molecule has 0 bridgehead atoms. The molecule has 2 rings (SSSR count). The summed E-state index contributed by atoms with van der Waals surface area (Å²) in [4.78, 5) is 26.3. The Kier molecular flexibility index (Phi) is 3.42. The number of hydrogen-bond acceptors (Lipinski definition) is 2. The first-order valence-electron chi connectivity index (χ1n) is 4.97. The summed E-state index contributed by atoms with van der Waals surface area (Å²) in [6.07, 6.45) is 0. The highest BCUT2D eigenvalue weighted by Crippen LogP contribution is 2.19. The Labute approximate surface area is 107 Å². The number of nitrogens with zero attached hydrogens (tertiary/aromatic N) is 2. The minimum atomic E-state index is -0.215. The van der Waals surface area contributed by atoms with Crippen LogP contribution >= 0.6 is 22.6 Å². The van der Waals surface area contributed by atoms with Crippen LogP contribution in [0.25, 0.3) is 0 Å². The van der Waals surface area contributed by atoms with Crippen LogP contribution in [0.4, 0.5) is 10.5 Å². The molecular formula is C11H11IN2O2. The van der Waals surface area contributed by atoms with Crippen LogP contribution in [0.2, 0.25) is 0 Å². The predicted molar refractivity (Wildman–Crippen MR) is 69.8 cm³/mol. The van der Waals surface area contributed by atoms with Crippen LogP contribution in [0.3, 0.4) is 0 Å². The maximum Gasteiger partial charge on any atom is 0.331 e. The zero-order valence-electron chi connectivity index (χ0n) is 8.60. The largest absolute Gasteiger partial charge is 0.331 e. The number of rotatable bonds is 2. The highest BCUT2D eigenvalue weighted by atomic mass is 127. The van der Waals surface area contributed by atoms with Gasteiger partial charge in [-0.1, -0.05) is 40.8 Å². The van der Waals surface area contributed by atoms with Crippen molar-refractivity contribution < 1.29 is 9.59 Å². The molecule has 0 spiro atoms. The van der Waals surface area contributed by atoms with Gasteiger partial charge in [0.15, 0.2) is 0 Å². The summed E-state index contributed by atoms with van der Waals surface area (Å²) in [5, 5.41) is 0. The Hall–Kier alpha value is -1.11. The Bertz CT molecular complexity index is 408. The molecule has 3 amide bonds. The second-order valence-corrected chi connectivity index (χ2v) is 4.21. The van der Waals surface area contributed by atoms with Gasteiger partial charge in [-0.05, 0) is 12.1 Å². The second kappa shape index (κ2) is 4.82. The summed E-state index contributed by atoms with van der Waals surface area (Å²) in [5.74, 6) is -0.121. The molecule has 0 aromatic heterocycles. The number of para-hydroxylation sites is 1. The fourth-order valence-corrected chi connectivity index (χ4v) is 2.10. The molecule has 1 fully saturated rings. The van der Waals surface area contributed by atoms with E-state index in [0.29, 0.717) is 17.5 Å². The van der Waals surface area contributed by atoms with Crippen molar-refractivity contribution in [2.75, 3.05) is 22.4 Å². The van der Waals surface area contributed by atoms with E-state index in [4.69, 9.17) is 0 Å². The van der Waals surface area contributed by atoms with Gasteiger partial charge >= 0.3 is 6.03 Å². The Morgan fingerprint density at radius 3 is 2.56 bits per heavy atom. The van der Waals surface area contributed by atoms with Gasteiger partial charge in [-0.3, -0.25) is 14.6 Å². The summed E-state index contributed by atoms with van der Waals surface area (Å²) in [5.41, 5.74) is 0.844. The number of amides is 3. The lowest BCUT2D eigenvalue weighted by molar-refractivity contribution is -0.124. The SMILES string of the molecule is O=C(CI)N1CCN(c2ccccc2)C1=O. The molecule has 1 aliphatic heterocycles. The molecule has 1 aromatic rings. The molecule has 1 aromatic carbocycles. The fraction of sp³-hybridized carbons (Fsp3) is 0.273. The minimum Gasteiger partial charge on any atom is -0.292 e. The van der Waals surface area contributed by atoms with E-state index in [1.165, 1.54) is 4.90 Å².